The molecule has 5 nitrogen and oxygen atoms in total. The summed E-state index contributed by atoms with van der Waals surface area (Å²) in [7, 11) is -4.30. The third kappa shape index (κ3) is 5.33. The van der Waals surface area contributed by atoms with Gasteiger partial charge in [0.25, 0.3) is 10.0 Å². The van der Waals surface area contributed by atoms with Gasteiger partial charge in [-0.1, -0.05) is 36.7 Å². The van der Waals surface area contributed by atoms with E-state index in [1.165, 1.54) is 30.3 Å². The molecule has 0 aliphatic carbocycles. The number of amides is 1. The van der Waals surface area contributed by atoms with Gasteiger partial charge >= 0.3 is 6.18 Å². The van der Waals surface area contributed by atoms with Crippen molar-refractivity contribution in [1.82, 2.24) is 4.90 Å². The lowest BCUT2D eigenvalue weighted by molar-refractivity contribution is -0.137. The summed E-state index contributed by atoms with van der Waals surface area (Å²) in [5, 5.41) is -0.551. The van der Waals surface area contributed by atoms with E-state index in [9.17, 15) is 26.4 Å². The van der Waals surface area contributed by atoms with Gasteiger partial charge in [-0.05, 0) is 49.1 Å². The normalized spacial score (nSPS) is 15.7. The zero-order chi connectivity index (χ0) is 22.8. The molecule has 0 bridgehead atoms. The van der Waals surface area contributed by atoms with E-state index < -0.39 is 39.2 Å². The molecule has 0 unspecified atom stereocenters. The highest BCUT2D eigenvalue weighted by Crippen LogP contribution is 2.38. The molecule has 1 aliphatic rings. The summed E-state index contributed by atoms with van der Waals surface area (Å²) in [5.74, 6) is -0.00581. The summed E-state index contributed by atoms with van der Waals surface area (Å²) >= 11 is 5.69. The number of sulfonamides is 1. The second-order valence-electron chi connectivity index (χ2n) is 7.55. The third-order valence-electron chi connectivity index (χ3n) is 5.29. The molecular weight excluding hydrogens is 453 g/mol. The largest absolute Gasteiger partial charge is 0.417 e. The van der Waals surface area contributed by atoms with Crippen LogP contribution in [0.4, 0.5) is 18.9 Å². The zero-order valence-electron chi connectivity index (χ0n) is 16.8. The molecular formula is C21H22ClF3N2O3S. The first-order valence-corrected chi connectivity index (χ1v) is 11.5. The van der Waals surface area contributed by atoms with E-state index in [0.717, 1.165) is 18.9 Å². The molecule has 1 aliphatic heterocycles. The van der Waals surface area contributed by atoms with Gasteiger partial charge in [0.2, 0.25) is 5.91 Å². The van der Waals surface area contributed by atoms with Crippen LogP contribution in [0.25, 0.3) is 0 Å². The van der Waals surface area contributed by atoms with Crippen LogP contribution in [0, 0.1) is 5.92 Å². The van der Waals surface area contributed by atoms with Gasteiger partial charge in [0.1, 0.15) is 6.54 Å². The molecule has 1 heterocycles. The summed E-state index contributed by atoms with van der Waals surface area (Å²) in [6.45, 7) is 2.42. The first-order chi connectivity index (χ1) is 14.5. The Morgan fingerprint density at radius 3 is 2.32 bits per heavy atom. The Morgan fingerprint density at radius 2 is 1.74 bits per heavy atom. The number of likely N-dealkylation sites (tertiary alicyclic amines) is 1. The van der Waals surface area contributed by atoms with Gasteiger partial charge in [-0.25, -0.2) is 8.42 Å². The van der Waals surface area contributed by atoms with Gasteiger partial charge in [-0.15, -0.1) is 0 Å². The molecule has 1 fully saturated rings. The van der Waals surface area contributed by atoms with Crippen molar-refractivity contribution in [3.8, 4) is 0 Å². The molecule has 0 saturated carbocycles. The van der Waals surface area contributed by atoms with Crippen LogP contribution in [-0.2, 0) is 21.0 Å². The number of piperidine rings is 1. The van der Waals surface area contributed by atoms with Gasteiger partial charge in [0, 0.05) is 13.1 Å². The van der Waals surface area contributed by atoms with Crippen LogP contribution in [0.15, 0.2) is 53.4 Å². The number of halogens is 4. The smallest absolute Gasteiger partial charge is 0.341 e. The SMILES string of the molecule is CC1CCN(C(=O)CN(c2ccc(Cl)c(C(F)(F)F)c2)S(=O)(=O)c2ccccc2)CC1. The van der Waals surface area contributed by atoms with E-state index in [2.05, 4.69) is 6.92 Å². The standard InChI is InChI=1S/C21H22ClF3N2O3S/c1-15-9-11-26(12-10-15)20(28)14-27(31(29,30)17-5-3-2-4-6-17)16-7-8-19(22)18(13-16)21(23,24)25/h2-8,13,15H,9-12,14H2,1H3. The van der Waals surface area contributed by atoms with E-state index >= 15 is 0 Å². The maximum absolute atomic E-state index is 13.4. The number of rotatable bonds is 5. The number of nitrogens with zero attached hydrogens (tertiary/aromatic N) is 2. The van der Waals surface area contributed by atoms with E-state index in [0.29, 0.717) is 29.4 Å². The van der Waals surface area contributed by atoms with Crippen LogP contribution >= 0.6 is 11.6 Å². The first kappa shape index (κ1) is 23.4. The summed E-state index contributed by atoms with van der Waals surface area (Å²) in [4.78, 5) is 14.3. The van der Waals surface area contributed by atoms with Crippen molar-refractivity contribution < 1.29 is 26.4 Å². The van der Waals surface area contributed by atoms with Gasteiger partial charge in [-0.3, -0.25) is 9.10 Å². The molecule has 10 heteroatoms. The molecule has 0 spiro atoms. The minimum Gasteiger partial charge on any atom is -0.341 e. The maximum atomic E-state index is 13.4. The molecule has 3 rings (SSSR count). The van der Waals surface area contributed by atoms with Crippen molar-refractivity contribution in [3.63, 3.8) is 0 Å². The molecule has 168 valence electrons. The predicted octanol–water partition coefficient (Wildman–Crippen LogP) is 4.81. The molecule has 31 heavy (non-hydrogen) atoms. The Balaban J connectivity index is 2.02. The Hall–Kier alpha value is -2.26. The summed E-state index contributed by atoms with van der Waals surface area (Å²) < 4.78 is 67.4. The van der Waals surface area contributed by atoms with Gasteiger partial charge in [-0.2, -0.15) is 13.2 Å². The van der Waals surface area contributed by atoms with Gasteiger partial charge in [0.05, 0.1) is 21.2 Å². The highest BCUT2D eigenvalue weighted by atomic mass is 35.5. The summed E-state index contributed by atoms with van der Waals surface area (Å²) in [6, 6.07) is 10.1. The van der Waals surface area contributed by atoms with Crippen molar-refractivity contribution in [2.24, 2.45) is 5.92 Å². The number of benzene rings is 2. The van der Waals surface area contributed by atoms with Gasteiger partial charge < -0.3 is 4.90 Å². The van der Waals surface area contributed by atoms with E-state index in [1.54, 1.807) is 11.0 Å². The van der Waals surface area contributed by atoms with Crippen LogP contribution in [0.1, 0.15) is 25.3 Å². The van der Waals surface area contributed by atoms with Crippen molar-refractivity contribution in [3.05, 3.63) is 59.1 Å². The van der Waals surface area contributed by atoms with Gasteiger partial charge in [0.15, 0.2) is 0 Å². The summed E-state index contributed by atoms with van der Waals surface area (Å²) in [6.07, 6.45) is -3.20. The van der Waals surface area contributed by atoms with Crippen LogP contribution in [0.5, 0.6) is 0 Å². The second kappa shape index (κ2) is 9.08. The Kier molecular flexibility index (Phi) is 6.85. The van der Waals surface area contributed by atoms with E-state index in [-0.39, 0.29) is 10.6 Å². The molecule has 2 aromatic carbocycles. The van der Waals surface area contributed by atoms with Crippen molar-refractivity contribution in [1.29, 1.82) is 0 Å². The number of hydrogen-bond donors (Lipinski definition) is 0. The quantitative estimate of drug-likeness (QED) is 0.624. The molecule has 0 aromatic heterocycles. The predicted molar refractivity (Wildman–Crippen MR) is 112 cm³/mol. The second-order valence-corrected chi connectivity index (χ2v) is 9.82. The number of anilines is 1. The maximum Gasteiger partial charge on any atom is 0.417 e. The topological polar surface area (TPSA) is 57.7 Å². The number of carbonyl (C=O) groups excluding carboxylic acids is 1. The van der Waals surface area contributed by atoms with Crippen molar-refractivity contribution in [2.75, 3.05) is 23.9 Å². The van der Waals surface area contributed by atoms with Crippen molar-refractivity contribution in [2.45, 2.75) is 30.8 Å². The lowest BCUT2D eigenvalue weighted by Gasteiger charge is -2.33. The van der Waals surface area contributed by atoms with E-state index in [4.69, 9.17) is 11.6 Å². The van der Waals surface area contributed by atoms with Crippen LogP contribution in [-0.4, -0.2) is 38.9 Å². The lowest BCUT2D eigenvalue weighted by atomic mass is 9.99. The molecule has 1 amide bonds. The monoisotopic (exact) mass is 474 g/mol. The first-order valence-electron chi connectivity index (χ1n) is 9.72. The molecule has 1 saturated heterocycles. The molecule has 0 atom stereocenters. The Bertz CT molecular complexity index is 1040. The molecule has 0 radical (unpaired) electrons. The number of carbonyl (C=O) groups is 1. The minimum absolute atomic E-state index is 0.126. The van der Waals surface area contributed by atoms with Crippen molar-refractivity contribution >= 4 is 33.2 Å². The third-order valence-corrected chi connectivity index (χ3v) is 7.41. The molecule has 0 N–H and O–H groups in total. The fraction of sp³-hybridized carbons (Fsp3) is 0.381. The average Bonchev–Trinajstić information content (AvgIpc) is 2.72. The number of hydrogen-bond acceptors (Lipinski definition) is 3. The fourth-order valence-corrected chi connectivity index (χ4v) is 5.05. The highest BCUT2D eigenvalue weighted by Gasteiger charge is 2.36. The Labute approximate surface area is 184 Å². The lowest BCUT2D eigenvalue weighted by Crippen LogP contribution is -2.45. The zero-order valence-corrected chi connectivity index (χ0v) is 18.3. The fourth-order valence-electron chi connectivity index (χ4n) is 3.40. The Morgan fingerprint density at radius 1 is 1.13 bits per heavy atom. The summed E-state index contributed by atoms with van der Waals surface area (Å²) in [5.41, 5.74) is -1.45. The van der Waals surface area contributed by atoms with Crippen LogP contribution in [0.2, 0.25) is 5.02 Å². The average molecular weight is 475 g/mol. The van der Waals surface area contributed by atoms with Crippen LogP contribution in [0.3, 0.4) is 0 Å². The highest BCUT2D eigenvalue weighted by molar-refractivity contribution is 7.92. The van der Waals surface area contributed by atoms with E-state index in [1.807, 2.05) is 0 Å². The molecule has 2 aromatic rings. The minimum atomic E-state index is -4.78. The van der Waals surface area contributed by atoms with Crippen LogP contribution < -0.4 is 4.31 Å². The number of alkyl halides is 3.